The summed E-state index contributed by atoms with van der Waals surface area (Å²) in [6.07, 6.45) is 3.48. The Bertz CT molecular complexity index is 1400. The van der Waals surface area contributed by atoms with Gasteiger partial charge in [-0.15, -0.1) is 0 Å². The second kappa shape index (κ2) is 10.5. The van der Waals surface area contributed by atoms with Gasteiger partial charge in [0, 0.05) is 50.2 Å². The molecule has 0 radical (unpaired) electrons. The van der Waals surface area contributed by atoms with Gasteiger partial charge >= 0.3 is 6.09 Å². The molecule has 2 saturated heterocycles. The van der Waals surface area contributed by atoms with Crippen LogP contribution in [-0.4, -0.2) is 81.1 Å². The Morgan fingerprint density at radius 2 is 1.92 bits per heavy atom. The third kappa shape index (κ3) is 4.73. The van der Waals surface area contributed by atoms with Crippen LogP contribution in [0.2, 0.25) is 0 Å². The van der Waals surface area contributed by atoms with E-state index in [1.165, 1.54) is 4.90 Å². The molecule has 202 valence electrons. The molecule has 2 aliphatic heterocycles. The number of rotatable bonds is 5. The quantitative estimate of drug-likeness (QED) is 0.467. The molecule has 0 spiro atoms. The number of amides is 2. The van der Waals surface area contributed by atoms with Crippen molar-refractivity contribution in [1.29, 1.82) is 0 Å². The minimum absolute atomic E-state index is 0.0108. The first-order valence-electron chi connectivity index (χ1n) is 13.2. The van der Waals surface area contributed by atoms with Crippen LogP contribution in [0.25, 0.3) is 10.9 Å². The highest BCUT2D eigenvalue weighted by atomic mass is 16.5. The standard InChI is InChI=1S/C27H34N6O5/c1-3-27(8-12-32(13-9-27)26(36)37)33-21-7-10-28-24(34)22(21)23(30-33)29-19-5-6-20(18(2)17-19)25(35)31-11-4-15-38-16-14-31/h5-7,10,17H,3-4,8-9,11-16H2,1-2H3,(H,28,34)(H,29,30)(H,36,37). The molecule has 0 aliphatic carbocycles. The third-order valence-corrected chi connectivity index (χ3v) is 7.90. The Labute approximate surface area is 220 Å². The zero-order valence-electron chi connectivity index (χ0n) is 21.8. The highest BCUT2D eigenvalue weighted by Crippen LogP contribution is 2.37. The Morgan fingerprint density at radius 3 is 2.63 bits per heavy atom. The first kappa shape index (κ1) is 25.8. The van der Waals surface area contributed by atoms with E-state index < -0.39 is 11.6 Å². The van der Waals surface area contributed by atoms with Crippen LogP contribution in [0.4, 0.5) is 16.3 Å². The van der Waals surface area contributed by atoms with E-state index in [9.17, 15) is 19.5 Å². The predicted molar refractivity (Wildman–Crippen MR) is 143 cm³/mol. The van der Waals surface area contributed by atoms with Crippen molar-refractivity contribution in [3.05, 3.63) is 51.9 Å². The van der Waals surface area contributed by atoms with E-state index >= 15 is 0 Å². The largest absolute Gasteiger partial charge is 0.465 e. The molecule has 0 bridgehead atoms. The van der Waals surface area contributed by atoms with Crippen LogP contribution in [0.1, 0.15) is 48.5 Å². The number of ether oxygens (including phenoxy) is 1. The fourth-order valence-corrected chi connectivity index (χ4v) is 5.59. The second-order valence-electron chi connectivity index (χ2n) is 10.1. The lowest BCUT2D eigenvalue weighted by Crippen LogP contribution is -2.47. The Morgan fingerprint density at radius 1 is 1.13 bits per heavy atom. The molecule has 2 fully saturated rings. The lowest BCUT2D eigenvalue weighted by atomic mass is 9.85. The van der Waals surface area contributed by atoms with E-state index in [1.807, 2.05) is 40.8 Å². The van der Waals surface area contributed by atoms with Gasteiger partial charge in [0.15, 0.2) is 5.82 Å². The molecule has 11 heteroatoms. The number of likely N-dealkylation sites (tertiary alicyclic amines) is 1. The molecule has 0 unspecified atom stereocenters. The summed E-state index contributed by atoms with van der Waals surface area (Å²) in [5.74, 6) is 0.418. The van der Waals surface area contributed by atoms with Crippen molar-refractivity contribution in [1.82, 2.24) is 24.6 Å². The lowest BCUT2D eigenvalue weighted by molar-refractivity contribution is 0.0740. The van der Waals surface area contributed by atoms with Crippen molar-refractivity contribution in [2.45, 2.75) is 45.1 Å². The average molecular weight is 523 g/mol. The number of carboxylic acid groups (broad SMARTS) is 1. The summed E-state index contributed by atoms with van der Waals surface area (Å²) in [4.78, 5) is 43.5. The van der Waals surface area contributed by atoms with Gasteiger partial charge in [-0.2, -0.15) is 5.10 Å². The number of nitrogens with zero attached hydrogens (tertiary/aromatic N) is 4. The van der Waals surface area contributed by atoms with Crippen LogP contribution >= 0.6 is 0 Å². The Hall–Kier alpha value is -3.86. The number of fused-ring (bicyclic) bond motifs is 1. The number of aromatic amines is 1. The molecule has 2 aliphatic rings. The number of carbonyl (C=O) groups is 2. The van der Waals surface area contributed by atoms with E-state index in [0.717, 1.165) is 24.1 Å². The SMILES string of the molecule is CCC1(n2nc(Nc3ccc(C(=O)N4CCCOCC4)c(C)c3)c3c(=O)[nH]ccc32)CCN(C(=O)O)CC1. The van der Waals surface area contributed by atoms with Crippen LogP contribution in [0, 0.1) is 6.92 Å². The maximum atomic E-state index is 13.1. The van der Waals surface area contributed by atoms with Gasteiger partial charge in [0.2, 0.25) is 0 Å². The summed E-state index contributed by atoms with van der Waals surface area (Å²) in [5, 5.41) is 18.1. The number of benzene rings is 1. The van der Waals surface area contributed by atoms with Crippen LogP contribution in [0.15, 0.2) is 35.3 Å². The maximum Gasteiger partial charge on any atom is 0.407 e. The molecule has 2 aromatic heterocycles. The number of aryl methyl sites for hydroxylation is 1. The number of hydrogen-bond acceptors (Lipinski definition) is 6. The van der Waals surface area contributed by atoms with Gasteiger partial charge in [0.25, 0.3) is 11.5 Å². The molecule has 0 atom stereocenters. The topological polar surface area (TPSA) is 133 Å². The molecular weight excluding hydrogens is 488 g/mol. The molecule has 4 heterocycles. The van der Waals surface area contributed by atoms with Crippen LogP contribution in [-0.2, 0) is 10.3 Å². The summed E-state index contributed by atoms with van der Waals surface area (Å²) in [6.45, 7) is 7.26. The minimum Gasteiger partial charge on any atom is -0.465 e. The van der Waals surface area contributed by atoms with Gasteiger partial charge in [0.05, 0.1) is 17.7 Å². The highest BCUT2D eigenvalue weighted by Gasteiger charge is 2.38. The lowest BCUT2D eigenvalue weighted by Gasteiger charge is -2.41. The van der Waals surface area contributed by atoms with Crippen LogP contribution in [0.5, 0.6) is 0 Å². The van der Waals surface area contributed by atoms with E-state index in [-0.39, 0.29) is 11.5 Å². The number of pyridine rings is 1. The number of nitrogens with one attached hydrogen (secondary N) is 2. The summed E-state index contributed by atoms with van der Waals surface area (Å²) < 4.78 is 7.39. The van der Waals surface area contributed by atoms with Gasteiger partial charge in [-0.3, -0.25) is 14.3 Å². The molecule has 3 N–H and O–H groups in total. The Kier molecular flexibility index (Phi) is 7.11. The van der Waals surface area contributed by atoms with Crippen LogP contribution in [0.3, 0.4) is 0 Å². The number of carbonyl (C=O) groups excluding carboxylic acids is 1. The normalized spacial score (nSPS) is 17.8. The van der Waals surface area contributed by atoms with Gasteiger partial charge in [0.1, 0.15) is 5.39 Å². The number of aromatic nitrogens is 3. The zero-order chi connectivity index (χ0) is 26.9. The average Bonchev–Trinajstić information content (AvgIpc) is 3.09. The van der Waals surface area contributed by atoms with Crippen molar-refractivity contribution >= 4 is 34.4 Å². The van der Waals surface area contributed by atoms with E-state index in [1.54, 1.807) is 6.20 Å². The fraction of sp³-hybridized carbons (Fsp3) is 0.481. The van der Waals surface area contributed by atoms with Crippen molar-refractivity contribution < 1.29 is 19.4 Å². The van der Waals surface area contributed by atoms with E-state index in [4.69, 9.17) is 9.84 Å². The van der Waals surface area contributed by atoms with Gasteiger partial charge in [-0.05, 0) is 62.4 Å². The molecular formula is C27H34N6O5. The van der Waals surface area contributed by atoms with E-state index in [2.05, 4.69) is 17.2 Å². The van der Waals surface area contributed by atoms with Gasteiger partial charge in [-0.1, -0.05) is 6.92 Å². The molecule has 1 aromatic carbocycles. The first-order chi connectivity index (χ1) is 18.3. The van der Waals surface area contributed by atoms with Crippen molar-refractivity contribution in [2.24, 2.45) is 0 Å². The number of piperidine rings is 1. The molecule has 11 nitrogen and oxygen atoms in total. The first-order valence-corrected chi connectivity index (χ1v) is 13.2. The molecule has 3 aromatic rings. The van der Waals surface area contributed by atoms with Gasteiger partial charge in [-0.25, -0.2) is 4.79 Å². The van der Waals surface area contributed by atoms with Crippen molar-refractivity contribution in [3.63, 3.8) is 0 Å². The van der Waals surface area contributed by atoms with E-state index in [0.29, 0.717) is 74.5 Å². The third-order valence-electron chi connectivity index (χ3n) is 7.90. The number of hydrogen-bond donors (Lipinski definition) is 3. The maximum absolute atomic E-state index is 13.1. The minimum atomic E-state index is -0.916. The number of anilines is 2. The molecule has 38 heavy (non-hydrogen) atoms. The number of H-pyrrole nitrogens is 1. The fourth-order valence-electron chi connectivity index (χ4n) is 5.59. The predicted octanol–water partition coefficient (Wildman–Crippen LogP) is 3.52. The van der Waals surface area contributed by atoms with Gasteiger partial charge < -0.3 is 29.9 Å². The van der Waals surface area contributed by atoms with Crippen molar-refractivity contribution in [3.8, 4) is 0 Å². The molecule has 5 rings (SSSR count). The van der Waals surface area contributed by atoms with Crippen LogP contribution < -0.4 is 10.9 Å². The summed E-state index contributed by atoms with van der Waals surface area (Å²) in [5.41, 5.74) is 2.24. The zero-order valence-corrected chi connectivity index (χ0v) is 21.8. The smallest absolute Gasteiger partial charge is 0.407 e. The monoisotopic (exact) mass is 522 g/mol. The summed E-state index contributed by atoms with van der Waals surface area (Å²) >= 11 is 0. The summed E-state index contributed by atoms with van der Waals surface area (Å²) in [6, 6.07) is 7.38. The Balaban J connectivity index is 1.46. The molecule has 0 saturated carbocycles. The van der Waals surface area contributed by atoms with Crippen molar-refractivity contribution in [2.75, 3.05) is 44.7 Å². The molecule has 2 amide bonds. The second-order valence-corrected chi connectivity index (χ2v) is 10.1. The summed E-state index contributed by atoms with van der Waals surface area (Å²) in [7, 11) is 0. The highest BCUT2D eigenvalue weighted by molar-refractivity contribution is 5.96.